The highest BCUT2D eigenvalue weighted by molar-refractivity contribution is 6.07. The summed E-state index contributed by atoms with van der Waals surface area (Å²) in [5, 5.41) is 5.97. The van der Waals surface area contributed by atoms with Crippen molar-refractivity contribution in [3.05, 3.63) is 81.5 Å². The lowest BCUT2D eigenvalue weighted by Gasteiger charge is -2.35. The molecule has 1 amide bonds. The molecule has 11 heteroatoms. The summed E-state index contributed by atoms with van der Waals surface area (Å²) in [6.45, 7) is 9.35. The molecule has 2 heterocycles. The first-order chi connectivity index (χ1) is 18.7. The van der Waals surface area contributed by atoms with Gasteiger partial charge in [0.25, 0.3) is 5.91 Å². The van der Waals surface area contributed by atoms with Crippen LogP contribution in [0.1, 0.15) is 42.3 Å². The number of carbonyl (C=O) groups excluding carboxylic acids is 1. The lowest BCUT2D eigenvalue weighted by atomic mass is 9.99. The van der Waals surface area contributed by atoms with Gasteiger partial charge in [-0.05, 0) is 63.2 Å². The second kappa shape index (κ2) is 11.4. The molecule has 4 rings (SSSR count). The average molecular weight is 560 g/mol. The Kier molecular flexibility index (Phi) is 8.36. The van der Waals surface area contributed by atoms with Gasteiger partial charge in [-0.2, -0.15) is 13.2 Å². The molecule has 2 aromatic carbocycles. The van der Waals surface area contributed by atoms with Gasteiger partial charge in [0.2, 0.25) is 5.56 Å². The number of halogens is 4. The molecule has 0 unspecified atom stereocenters. The van der Waals surface area contributed by atoms with Gasteiger partial charge < -0.3 is 25.4 Å². The van der Waals surface area contributed by atoms with Gasteiger partial charge >= 0.3 is 6.18 Å². The number of nitrogens with one attached hydrogen (secondary N) is 3. The molecule has 0 saturated carbocycles. The molecule has 1 aliphatic rings. The molecule has 1 aromatic heterocycles. The summed E-state index contributed by atoms with van der Waals surface area (Å²) in [7, 11) is 1.99. The van der Waals surface area contributed by atoms with Crippen molar-refractivity contribution < 1.29 is 22.4 Å². The summed E-state index contributed by atoms with van der Waals surface area (Å²) < 4.78 is 56.0. The van der Waals surface area contributed by atoms with Crippen LogP contribution in [0.25, 0.3) is 11.1 Å². The van der Waals surface area contributed by atoms with Crippen LogP contribution in [-0.2, 0) is 12.7 Å². The van der Waals surface area contributed by atoms with Gasteiger partial charge in [-0.3, -0.25) is 9.59 Å². The Balaban J connectivity index is 1.75. The van der Waals surface area contributed by atoms with Gasteiger partial charge in [-0.1, -0.05) is 12.1 Å². The van der Waals surface area contributed by atoms with Crippen molar-refractivity contribution in [3.63, 3.8) is 0 Å². The Labute approximate surface area is 230 Å². The lowest BCUT2D eigenvalue weighted by molar-refractivity contribution is -0.138. The summed E-state index contributed by atoms with van der Waals surface area (Å²) in [5.74, 6) is -1.51. The summed E-state index contributed by atoms with van der Waals surface area (Å²) in [6.07, 6.45) is -4.15. The SMILES string of the molecule is CN1CCN(c2ccc(-c3cc(CNC(C)(C)C)ccc3F)cc2NC(=O)c2c[nH]c(=O)cc2C(F)(F)F)CC1. The molecule has 0 radical (unpaired) electrons. The predicted octanol–water partition coefficient (Wildman–Crippen LogP) is 5.09. The van der Waals surface area contributed by atoms with E-state index in [4.69, 9.17) is 0 Å². The molecular weight excluding hydrogens is 526 g/mol. The number of H-pyrrole nitrogens is 1. The number of benzene rings is 2. The number of aromatic nitrogens is 1. The van der Waals surface area contributed by atoms with Crippen LogP contribution in [0.2, 0.25) is 0 Å². The molecule has 1 aliphatic heterocycles. The van der Waals surface area contributed by atoms with Crippen molar-refractivity contribution in [2.24, 2.45) is 0 Å². The first kappa shape index (κ1) is 29.3. The minimum absolute atomic E-state index is 0.146. The Morgan fingerprint density at radius 1 is 1.00 bits per heavy atom. The summed E-state index contributed by atoms with van der Waals surface area (Å²) in [6, 6.07) is 10.2. The van der Waals surface area contributed by atoms with Crippen molar-refractivity contribution in [3.8, 4) is 11.1 Å². The van der Waals surface area contributed by atoms with E-state index in [2.05, 4.69) is 20.5 Å². The molecule has 0 bridgehead atoms. The molecule has 7 nitrogen and oxygen atoms in total. The summed E-state index contributed by atoms with van der Waals surface area (Å²) >= 11 is 0. The fraction of sp³-hybridized carbons (Fsp3) is 0.379. The van der Waals surface area contributed by atoms with Crippen molar-refractivity contribution in [1.29, 1.82) is 0 Å². The second-order valence-electron chi connectivity index (χ2n) is 11.0. The Hall–Kier alpha value is -3.70. The van der Waals surface area contributed by atoms with Crippen LogP contribution in [0, 0.1) is 5.82 Å². The van der Waals surface area contributed by atoms with Gasteiger partial charge in [0.05, 0.1) is 22.5 Å². The number of rotatable bonds is 6. The highest BCUT2D eigenvalue weighted by Crippen LogP contribution is 2.35. The number of amides is 1. The topological polar surface area (TPSA) is 80.5 Å². The maximum atomic E-state index is 15.0. The van der Waals surface area contributed by atoms with E-state index in [0.717, 1.165) is 24.8 Å². The normalized spacial score (nSPS) is 14.8. The maximum absolute atomic E-state index is 15.0. The number of hydrogen-bond donors (Lipinski definition) is 3. The van der Waals surface area contributed by atoms with Gasteiger partial charge in [-0.15, -0.1) is 0 Å². The van der Waals surface area contributed by atoms with E-state index in [1.165, 1.54) is 6.07 Å². The van der Waals surface area contributed by atoms with Crippen LogP contribution >= 0.6 is 0 Å². The largest absolute Gasteiger partial charge is 0.417 e. The molecule has 1 fully saturated rings. The van der Waals surface area contributed by atoms with E-state index >= 15 is 4.39 Å². The number of aromatic amines is 1. The van der Waals surface area contributed by atoms with E-state index in [-0.39, 0.29) is 11.2 Å². The maximum Gasteiger partial charge on any atom is 0.417 e. The Morgan fingerprint density at radius 3 is 2.35 bits per heavy atom. The molecule has 214 valence electrons. The van der Waals surface area contributed by atoms with Crippen molar-refractivity contribution in [1.82, 2.24) is 15.2 Å². The summed E-state index contributed by atoms with van der Waals surface area (Å²) in [4.78, 5) is 31.1. The number of carbonyl (C=O) groups is 1. The van der Waals surface area contributed by atoms with Crippen LogP contribution in [0.4, 0.5) is 28.9 Å². The molecule has 0 aliphatic carbocycles. The standard InChI is InChI=1S/C29H33F4N5O2/c1-28(2,3)35-16-18-5-7-23(30)20(13-18)19-6-8-25(38-11-9-37(4)10-12-38)24(14-19)36-27(40)21-17-34-26(39)15-22(21)29(31,32)33/h5-8,13-15,17,35H,9-12,16H2,1-4H3,(H,34,39)(H,36,40). The van der Waals surface area contributed by atoms with Gasteiger partial charge in [0.15, 0.2) is 0 Å². The number of pyridine rings is 1. The third-order valence-corrected chi connectivity index (χ3v) is 6.73. The predicted molar refractivity (Wildman–Crippen MR) is 148 cm³/mol. The molecule has 1 saturated heterocycles. The number of hydrogen-bond acceptors (Lipinski definition) is 5. The fourth-order valence-corrected chi connectivity index (χ4v) is 4.48. The van der Waals surface area contributed by atoms with Crippen molar-refractivity contribution >= 4 is 17.3 Å². The first-order valence-electron chi connectivity index (χ1n) is 12.9. The van der Waals surface area contributed by atoms with Crippen LogP contribution < -0.4 is 21.1 Å². The second-order valence-corrected chi connectivity index (χ2v) is 11.0. The summed E-state index contributed by atoms with van der Waals surface area (Å²) in [5.41, 5.74) is -0.719. The van der Waals surface area contributed by atoms with Crippen LogP contribution in [0.5, 0.6) is 0 Å². The van der Waals surface area contributed by atoms with Gasteiger partial charge in [0, 0.05) is 56.1 Å². The van der Waals surface area contributed by atoms with E-state index < -0.39 is 34.6 Å². The minimum atomic E-state index is -4.91. The third kappa shape index (κ3) is 7.08. The third-order valence-electron chi connectivity index (χ3n) is 6.73. The molecule has 3 aromatic rings. The Bertz CT molecular complexity index is 1440. The van der Waals surface area contributed by atoms with Crippen LogP contribution in [-0.4, -0.2) is 54.6 Å². The fourth-order valence-electron chi connectivity index (χ4n) is 4.48. The van der Waals surface area contributed by atoms with E-state index in [0.29, 0.717) is 42.5 Å². The first-order valence-corrected chi connectivity index (χ1v) is 12.9. The zero-order valence-corrected chi connectivity index (χ0v) is 22.9. The smallest absolute Gasteiger partial charge is 0.367 e. The Morgan fingerprint density at radius 2 is 1.70 bits per heavy atom. The highest BCUT2D eigenvalue weighted by atomic mass is 19.4. The number of piperazine rings is 1. The number of nitrogens with zero attached hydrogens (tertiary/aromatic N) is 2. The van der Waals surface area contributed by atoms with E-state index in [1.54, 1.807) is 30.3 Å². The van der Waals surface area contributed by atoms with Crippen molar-refractivity contribution in [2.45, 2.75) is 39.0 Å². The van der Waals surface area contributed by atoms with Crippen LogP contribution in [0.3, 0.4) is 0 Å². The molecule has 40 heavy (non-hydrogen) atoms. The lowest BCUT2D eigenvalue weighted by Crippen LogP contribution is -2.44. The monoisotopic (exact) mass is 559 g/mol. The highest BCUT2D eigenvalue weighted by Gasteiger charge is 2.36. The number of alkyl halides is 3. The zero-order chi connectivity index (χ0) is 29.2. The molecule has 3 N–H and O–H groups in total. The molecule has 0 atom stereocenters. The van der Waals surface area contributed by atoms with Gasteiger partial charge in [0.1, 0.15) is 5.82 Å². The minimum Gasteiger partial charge on any atom is -0.367 e. The van der Waals surface area contributed by atoms with Crippen LogP contribution in [0.15, 0.2) is 53.5 Å². The quantitative estimate of drug-likeness (QED) is 0.367. The average Bonchev–Trinajstić information content (AvgIpc) is 2.88. The van der Waals surface area contributed by atoms with Gasteiger partial charge in [-0.25, -0.2) is 4.39 Å². The molecular formula is C29H33F4N5O2. The van der Waals surface area contributed by atoms with E-state index in [9.17, 15) is 22.8 Å². The van der Waals surface area contributed by atoms with E-state index in [1.807, 2.05) is 32.7 Å². The van der Waals surface area contributed by atoms with Crippen molar-refractivity contribution in [2.75, 3.05) is 43.4 Å². The molecule has 0 spiro atoms. The zero-order valence-electron chi connectivity index (χ0n) is 22.9. The number of anilines is 2. The number of likely N-dealkylation sites (N-methyl/N-ethyl adjacent to an activating group) is 1.